The van der Waals surface area contributed by atoms with Gasteiger partial charge in [-0.05, 0) is 113 Å². The van der Waals surface area contributed by atoms with E-state index in [4.69, 9.17) is 26.2 Å². The lowest BCUT2D eigenvalue weighted by Gasteiger charge is -2.36. The molecular weight excluding hydrogens is 618 g/mol. The molecule has 0 spiro atoms. The van der Waals surface area contributed by atoms with Crippen molar-refractivity contribution in [2.75, 3.05) is 31.7 Å². The number of ether oxygens (including phenoxy) is 2. The van der Waals surface area contributed by atoms with Crippen LogP contribution in [0.4, 0.5) is 10.5 Å². The van der Waals surface area contributed by atoms with Gasteiger partial charge in [-0.15, -0.1) is 0 Å². The highest BCUT2D eigenvalue weighted by atomic mass is 35.5. The van der Waals surface area contributed by atoms with Crippen LogP contribution in [0.3, 0.4) is 0 Å². The number of methoxy groups -OCH3 is 1. The number of benzene rings is 1. The first kappa shape index (κ1) is 34.7. The van der Waals surface area contributed by atoms with Gasteiger partial charge in [0.15, 0.2) is 0 Å². The molecule has 11 heteroatoms. The maximum Gasteiger partial charge on any atom is 0.407 e. The second-order valence-electron chi connectivity index (χ2n) is 13.1. The summed E-state index contributed by atoms with van der Waals surface area (Å²) in [5.41, 5.74) is 4.22. The molecule has 0 aliphatic heterocycles. The quantitative estimate of drug-likeness (QED) is 0.135. The average Bonchev–Trinajstić information content (AvgIpc) is 3.82. The summed E-state index contributed by atoms with van der Waals surface area (Å²) in [6, 6.07) is 8.79. The SMILES string of the molecule is C=N/C(OC)=C(Cl)\C=C(/C)[C@H]1CC[C@H](CN(c2cccc(-c3cnn(C4CC4)c3)c2)C(=O)[C@H]2CC[C@H](OC(=O)NCCO)CC2)CC1. The number of hydrogen-bond donors (Lipinski definition) is 2. The second kappa shape index (κ2) is 16.5. The number of alkyl carbamates (subject to hydrolysis) is 1. The van der Waals surface area contributed by atoms with Gasteiger partial charge in [0.05, 0.1) is 26.0 Å². The number of aliphatic hydroxyl groups is 1. The van der Waals surface area contributed by atoms with Crippen LogP contribution in [0, 0.1) is 17.8 Å². The Labute approximate surface area is 282 Å². The molecular formula is C36H48ClN5O5. The van der Waals surface area contributed by atoms with Crippen molar-refractivity contribution in [3.05, 3.63) is 59.2 Å². The highest BCUT2D eigenvalue weighted by Gasteiger charge is 2.34. The first-order valence-corrected chi connectivity index (χ1v) is 17.3. The smallest absolute Gasteiger partial charge is 0.407 e. The van der Waals surface area contributed by atoms with Gasteiger partial charge >= 0.3 is 6.09 Å². The molecule has 2 amide bonds. The van der Waals surface area contributed by atoms with Gasteiger partial charge in [-0.25, -0.2) is 9.79 Å². The molecule has 0 radical (unpaired) electrons. The van der Waals surface area contributed by atoms with E-state index in [1.54, 1.807) is 0 Å². The Morgan fingerprint density at radius 3 is 2.49 bits per heavy atom. The van der Waals surface area contributed by atoms with E-state index in [1.165, 1.54) is 25.5 Å². The van der Waals surface area contributed by atoms with Crippen LogP contribution in [-0.2, 0) is 14.3 Å². The molecule has 2 N–H and O–H groups in total. The zero-order valence-electron chi connectivity index (χ0n) is 27.6. The Bertz CT molecular complexity index is 1450. The third-order valence-electron chi connectivity index (χ3n) is 9.79. The first-order chi connectivity index (χ1) is 22.8. The van der Waals surface area contributed by atoms with Gasteiger partial charge in [0.1, 0.15) is 11.1 Å². The van der Waals surface area contributed by atoms with Gasteiger partial charge in [0.2, 0.25) is 11.8 Å². The number of halogens is 1. The molecule has 2 aromatic rings. The fourth-order valence-corrected chi connectivity index (χ4v) is 7.19. The van der Waals surface area contributed by atoms with E-state index >= 15 is 0 Å². The number of aromatic nitrogens is 2. The van der Waals surface area contributed by atoms with Gasteiger partial charge in [0.25, 0.3) is 0 Å². The van der Waals surface area contributed by atoms with Crippen molar-refractivity contribution in [1.82, 2.24) is 15.1 Å². The predicted molar refractivity (Wildman–Crippen MR) is 184 cm³/mol. The molecule has 3 aliphatic rings. The van der Waals surface area contributed by atoms with Gasteiger partial charge in [-0.3, -0.25) is 9.48 Å². The van der Waals surface area contributed by atoms with Crippen molar-refractivity contribution in [3.63, 3.8) is 0 Å². The minimum atomic E-state index is -0.521. The maximum absolute atomic E-state index is 14.3. The van der Waals surface area contributed by atoms with Crippen molar-refractivity contribution >= 4 is 36.0 Å². The molecule has 1 aromatic heterocycles. The van der Waals surface area contributed by atoms with E-state index in [0.717, 1.165) is 42.5 Å². The van der Waals surface area contributed by atoms with Crippen LogP contribution in [0.5, 0.6) is 0 Å². The molecule has 0 bridgehead atoms. The zero-order valence-corrected chi connectivity index (χ0v) is 28.3. The van der Waals surface area contributed by atoms with E-state index in [9.17, 15) is 9.59 Å². The fraction of sp³-hybridized carbons (Fsp3) is 0.556. The van der Waals surface area contributed by atoms with E-state index < -0.39 is 6.09 Å². The van der Waals surface area contributed by atoms with Gasteiger partial charge in [0, 0.05) is 36.5 Å². The maximum atomic E-state index is 14.3. The highest BCUT2D eigenvalue weighted by molar-refractivity contribution is 6.31. The van der Waals surface area contributed by atoms with Crippen molar-refractivity contribution in [2.45, 2.75) is 83.3 Å². The van der Waals surface area contributed by atoms with Crippen LogP contribution in [0.2, 0.25) is 0 Å². The number of nitrogens with one attached hydrogen (secondary N) is 1. The topological polar surface area (TPSA) is 118 Å². The third-order valence-corrected chi connectivity index (χ3v) is 10.1. The Kier molecular flexibility index (Phi) is 12.2. The van der Waals surface area contributed by atoms with E-state index in [-0.39, 0.29) is 31.1 Å². The zero-order chi connectivity index (χ0) is 33.3. The van der Waals surface area contributed by atoms with Gasteiger partial charge in [-0.1, -0.05) is 29.3 Å². The fourth-order valence-electron chi connectivity index (χ4n) is 6.88. The summed E-state index contributed by atoms with van der Waals surface area (Å²) in [7, 11) is 1.53. The first-order valence-electron chi connectivity index (χ1n) is 16.9. The molecule has 0 saturated heterocycles. The predicted octanol–water partition coefficient (Wildman–Crippen LogP) is 7.00. The number of carbonyl (C=O) groups excluding carboxylic acids is 2. The summed E-state index contributed by atoms with van der Waals surface area (Å²) in [6.07, 6.45) is 14.2. The van der Waals surface area contributed by atoms with Gasteiger partial charge in [-0.2, -0.15) is 5.10 Å². The summed E-state index contributed by atoms with van der Waals surface area (Å²) in [6.45, 7) is 6.32. The van der Waals surface area contributed by atoms with Crippen LogP contribution in [-0.4, -0.2) is 66.5 Å². The lowest BCUT2D eigenvalue weighted by molar-refractivity contribution is -0.124. The molecule has 3 saturated carbocycles. The third kappa shape index (κ3) is 9.26. The van der Waals surface area contributed by atoms with Crippen molar-refractivity contribution in [3.8, 4) is 11.1 Å². The minimum absolute atomic E-state index is 0.136. The lowest BCUT2D eigenvalue weighted by Crippen LogP contribution is -2.42. The summed E-state index contributed by atoms with van der Waals surface area (Å²) >= 11 is 6.42. The number of carbonyl (C=O) groups is 2. The van der Waals surface area contributed by atoms with E-state index in [1.807, 2.05) is 29.3 Å². The van der Waals surface area contributed by atoms with E-state index in [0.29, 0.717) is 61.0 Å². The molecule has 0 unspecified atom stereocenters. The number of anilines is 1. The number of amides is 2. The molecule has 47 heavy (non-hydrogen) atoms. The molecule has 254 valence electrons. The number of aliphatic hydroxyl groups excluding tert-OH is 1. The Morgan fingerprint density at radius 2 is 1.83 bits per heavy atom. The molecule has 3 aliphatic carbocycles. The second-order valence-corrected chi connectivity index (χ2v) is 13.5. The van der Waals surface area contributed by atoms with Crippen LogP contribution in [0.1, 0.15) is 77.2 Å². The number of allylic oxidation sites excluding steroid dienone is 3. The molecule has 1 heterocycles. The highest BCUT2D eigenvalue weighted by Crippen LogP contribution is 2.38. The summed E-state index contributed by atoms with van der Waals surface area (Å²) in [5.74, 6) is 1.10. The van der Waals surface area contributed by atoms with Crippen molar-refractivity contribution in [1.29, 1.82) is 0 Å². The average molecular weight is 666 g/mol. The Balaban J connectivity index is 1.28. The Morgan fingerprint density at radius 1 is 1.11 bits per heavy atom. The molecule has 3 fully saturated rings. The normalized spacial score (nSPS) is 23.8. The molecule has 1 aromatic carbocycles. The summed E-state index contributed by atoms with van der Waals surface area (Å²) in [5, 5.41) is 16.5. The largest absolute Gasteiger partial charge is 0.480 e. The number of nitrogens with zero attached hydrogens (tertiary/aromatic N) is 4. The van der Waals surface area contributed by atoms with Crippen molar-refractivity contribution in [2.24, 2.45) is 22.7 Å². The minimum Gasteiger partial charge on any atom is -0.480 e. The monoisotopic (exact) mass is 665 g/mol. The Hall–Kier alpha value is -3.63. The van der Waals surface area contributed by atoms with Crippen LogP contribution < -0.4 is 10.2 Å². The summed E-state index contributed by atoms with van der Waals surface area (Å²) < 4.78 is 12.8. The van der Waals surface area contributed by atoms with E-state index in [2.05, 4.69) is 52.1 Å². The number of aliphatic imine (C=N–C) groups is 1. The standard InChI is InChI=1S/C36H48ClN5O5/c1-24(19-33(37)34(38-2)46-3)26-9-7-25(8-10-26)22-41(35(44)27-11-15-32(16-12-27)47-36(45)39-17-18-43)31-6-4-5-28(20-31)29-21-40-42(23-29)30-13-14-30/h4-6,19-21,23,25-27,30,32,43H,2,7-18,22H2,1,3H3,(H,39,45)/b24-19+,34-33-/t25-,26-,27-,32-. The van der Waals surface area contributed by atoms with Gasteiger partial charge < -0.3 is 24.8 Å². The lowest BCUT2D eigenvalue weighted by atomic mass is 9.78. The number of rotatable bonds is 13. The molecule has 5 rings (SSSR count). The molecule has 10 nitrogen and oxygen atoms in total. The van der Waals surface area contributed by atoms with Crippen LogP contribution >= 0.6 is 11.6 Å². The van der Waals surface area contributed by atoms with Crippen LogP contribution in [0.15, 0.2) is 64.2 Å². The number of hydrogen-bond acceptors (Lipinski definition) is 7. The molecule has 0 atom stereocenters. The van der Waals surface area contributed by atoms with Crippen LogP contribution in [0.25, 0.3) is 11.1 Å². The van der Waals surface area contributed by atoms with Crippen molar-refractivity contribution < 1.29 is 24.2 Å². The summed E-state index contributed by atoms with van der Waals surface area (Å²) in [4.78, 5) is 32.2.